The van der Waals surface area contributed by atoms with Crippen molar-refractivity contribution in [3.8, 4) is 0 Å². The summed E-state index contributed by atoms with van der Waals surface area (Å²) in [5.74, 6) is 0. The Morgan fingerprint density at radius 3 is 1.76 bits per heavy atom. The topological polar surface area (TPSA) is 9.23 Å². The van der Waals surface area contributed by atoms with Gasteiger partial charge in [0, 0.05) is 0 Å². The molecule has 0 unspecified atom stereocenters. The van der Waals surface area contributed by atoms with E-state index in [9.17, 15) is 0 Å². The molecule has 0 radical (unpaired) electrons. The Kier molecular flexibility index (Phi) is 20.7. The van der Waals surface area contributed by atoms with Crippen molar-refractivity contribution in [2.45, 2.75) is 32.6 Å². The fourth-order valence-corrected chi connectivity index (χ4v) is 0.988. The van der Waals surface area contributed by atoms with E-state index in [4.69, 9.17) is 11.9 Å². The van der Waals surface area contributed by atoms with Gasteiger partial charge in [-0.1, -0.05) is 13.3 Å². The van der Waals surface area contributed by atoms with Crippen LogP contribution in [0.5, 0.6) is 0 Å². The van der Waals surface area contributed by atoms with E-state index in [-0.39, 0.29) is 21.7 Å². The third kappa shape index (κ3) is 18.5. The monoisotopic (exact) mass is 286 g/mol. The summed E-state index contributed by atoms with van der Waals surface area (Å²) in [6.45, 7) is 2.77. The molecule has 2 aliphatic rings. The molecule has 0 atom stereocenters. The molecular formula is C14H19ClOTi. The summed E-state index contributed by atoms with van der Waals surface area (Å²) in [5.41, 5.74) is 0. The minimum atomic E-state index is 0. The Bertz CT molecular complexity index is 199. The molecule has 0 aliphatic heterocycles. The molecule has 1 nitrogen and oxygen atoms in total. The summed E-state index contributed by atoms with van der Waals surface area (Å²) >= 11 is 4.88. The van der Waals surface area contributed by atoms with Crippen molar-refractivity contribution in [2.75, 3.05) is 6.61 Å². The van der Waals surface area contributed by atoms with Crippen LogP contribution in [0.25, 0.3) is 0 Å². The summed E-state index contributed by atoms with van der Waals surface area (Å²) in [5, 5.41) is 0. The van der Waals surface area contributed by atoms with Gasteiger partial charge in [0.25, 0.3) is 0 Å². The fourth-order valence-electron chi connectivity index (χ4n) is 0.879. The summed E-state index contributed by atoms with van der Waals surface area (Å²) in [6, 6.07) is 0. The van der Waals surface area contributed by atoms with Gasteiger partial charge in [-0.2, -0.15) is 12.2 Å². The molecule has 0 saturated carbocycles. The van der Waals surface area contributed by atoms with Crippen LogP contribution in [0, 0.1) is 12.2 Å². The van der Waals surface area contributed by atoms with Crippen LogP contribution in [-0.2, 0) is 26.0 Å². The maximum absolute atomic E-state index is 4.88. The standard InChI is InChI=1S/2C5H5.C4H9ClO.Ti/c2*1-2-4-5-3-1;1-2-3-4-6-5;/h2*1-3H,4H2;2-4H2,1H3;/q2*-1;;+2. The van der Waals surface area contributed by atoms with E-state index < -0.39 is 0 Å². The van der Waals surface area contributed by atoms with Gasteiger partial charge in [-0.25, -0.2) is 24.3 Å². The van der Waals surface area contributed by atoms with E-state index >= 15 is 0 Å². The van der Waals surface area contributed by atoms with Crippen molar-refractivity contribution in [2.24, 2.45) is 0 Å². The normalized spacial score (nSPS) is 13.5. The first-order valence-electron chi connectivity index (χ1n) is 5.58. The smallest absolute Gasteiger partial charge is 0.279 e. The van der Waals surface area contributed by atoms with Gasteiger partial charge in [-0.15, -0.1) is 12.8 Å². The molecule has 2 aliphatic carbocycles. The van der Waals surface area contributed by atoms with Crippen LogP contribution in [-0.4, -0.2) is 6.61 Å². The van der Waals surface area contributed by atoms with Crippen LogP contribution in [0.3, 0.4) is 0 Å². The second-order valence-electron chi connectivity index (χ2n) is 3.17. The van der Waals surface area contributed by atoms with Crippen molar-refractivity contribution in [3.05, 3.63) is 48.6 Å². The van der Waals surface area contributed by atoms with Gasteiger partial charge in [0.1, 0.15) is 0 Å². The largest absolute Gasteiger partial charge is 2.00 e. The zero-order valence-electron chi connectivity index (χ0n) is 10.3. The first-order valence-corrected chi connectivity index (χ1v) is 5.89. The molecule has 0 bridgehead atoms. The van der Waals surface area contributed by atoms with Gasteiger partial charge in [0.15, 0.2) is 0 Å². The molecule has 92 valence electrons. The number of unbranched alkanes of at least 4 members (excludes halogenated alkanes) is 1. The second-order valence-corrected chi connectivity index (χ2v) is 3.39. The van der Waals surface area contributed by atoms with E-state index in [0.717, 1.165) is 25.7 Å². The number of allylic oxidation sites excluding steroid dienone is 8. The first kappa shape index (κ1) is 19.3. The van der Waals surface area contributed by atoms with Crippen molar-refractivity contribution >= 4 is 11.9 Å². The zero-order chi connectivity index (χ0) is 11.9. The third-order valence-corrected chi connectivity index (χ3v) is 1.90. The maximum atomic E-state index is 4.88. The number of halogens is 1. The van der Waals surface area contributed by atoms with Gasteiger partial charge in [-0.3, -0.25) is 16.4 Å². The van der Waals surface area contributed by atoms with Gasteiger partial charge in [0.2, 0.25) is 0 Å². The second kappa shape index (κ2) is 18.3. The summed E-state index contributed by atoms with van der Waals surface area (Å²) in [7, 11) is 0. The Balaban J connectivity index is 0. The van der Waals surface area contributed by atoms with Crippen molar-refractivity contribution < 1.29 is 26.0 Å². The predicted octanol–water partition coefficient (Wildman–Crippen LogP) is 4.57. The van der Waals surface area contributed by atoms with E-state index in [0.29, 0.717) is 6.61 Å². The molecule has 0 heterocycles. The van der Waals surface area contributed by atoms with E-state index in [1.165, 1.54) is 0 Å². The molecule has 17 heavy (non-hydrogen) atoms. The van der Waals surface area contributed by atoms with Crippen LogP contribution >= 0.6 is 11.9 Å². The van der Waals surface area contributed by atoms with E-state index in [2.05, 4.69) is 35.5 Å². The SMILES string of the molecule is CCCCOCl.[C-]1=CC=CC1.[C-]1=CC=CC1.[Ti+2]. The third-order valence-electron chi connectivity index (χ3n) is 1.75. The van der Waals surface area contributed by atoms with Crippen LogP contribution in [0.1, 0.15) is 32.6 Å². The molecule has 0 saturated heterocycles. The average Bonchev–Trinajstić information content (AvgIpc) is 3.00. The number of rotatable bonds is 3. The van der Waals surface area contributed by atoms with Crippen LogP contribution in [0.4, 0.5) is 0 Å². The van der Waals surface area contributed by atoms with E-state index in [1.807, 2.05) is 24.3 Å². The summed E-state index contributed by atoms with van der Waals surface area (Å²) in [4.78, 5) is 0. The van der Waals surface area contributed by atoms with Gasteiger partial charge < -0.3 is 0 Å². The summed E-state index contributed by atoms with van der Waals surface area (Å²) < 4.78 is 4.25. The van der Waals surface area contributed by atoms with Crippen LogP contribution < -0.4 is 0 Å². The maximum Gasteiger partial charge on any atom is 2.00 e. The molecule has 2 rings (SSSR count). The Labute approximate surface area is 125 Å². The Hall–Kier alpha value is -0.0757. The Morgan fingerprint density at radius 1 is 1.12 bits per heavy atom. The molecule has 0 aromatic heterocycles. The van der Waals surface area contributed by atoms with Crippen molar-refractivity contribution in [1.82, 2.24) is 0 Å². The quantitative estimate of drug-likeness (QED) is 0.420. The van der Waals surface area contributed by atoms with Gasteiger partial charge >= 0.3 is 21.7 Å². The molecular weight excluding hydrogens is 267 g/mol. The van der Waals surface area contributed by atoms with Gasteiger partial charge in [0.05, 0.1) is 18.5 Å². The minimum absolute atomic E-state index is 0. The van der Waals surface area contributed by atoms with E-state index in [1.54, 1.807) is 0 Å². The number of hydrogen-bond donors (Lipinski definition) is 0. The van der Waals surface area contributed by atoms with Crippen molar-refractivity contribution in [3.63, 3.8) is 0 Å². The molecule has 0 spiro atoms. The first-order chi connectivity index (χ1) is 7.91. The molecule has 3 heteroatoms. The molecule has 0 N–H and O–H groups in total. The predicted molar refractivity (Wildman–Crippen MR) is 69.9 cm³/mol. The van der Waals surface area contributed by atoms with Crippen molar-refractivity contribution in [1.29, 1.82) is 0 Å². The Morgan fingerprint density at radius 2 is 1.65 bits per heavy atom. The van der Waals surface area contributed by atoms with Gasteiger partial charge in [-0.05, 0) is 6.42 Å². The average molecular weight is 287 g/mol. The molecule has 0 fully saturated rings. The molecule has 0 amide bonds. The van der Waals surface area contributed by atoms with Crippen LogP contribution in [0.2, 0.25) is 0 Å². The number of hydrogen-bond acceptors (Lipinski definition) is 1. The summed E-state index contributed by atoms with van der Waals surface area (Å²) in [6.07, 6.45) is 22.2. The molecule has 0 aromatic rings. The minimum Gasteiger partial charge on any atom is -0.279 e. The van der Waals surface area contributed by atoms with Crippen LogP contribution in [0.15, 0.2) is 36.5 Å². The molecule has 0 aromatic carbocycles. The fraction of sp³-hybridized carbons (Fsp3) is 0.429. The zero-order valence-corrected chi connectivity index (χ0v) is 12.6.